The second-order valence-electron chi connectivity index (χ2n) is 7.73. The quantitative estimate of drug-likeness (QED) is 0.910. The summed E-state index contributed by atoms with van der Waals surface area (Å²) in [5, 5.41) is 2.67. The van der Waals surface area contributed by atoms with Gasteiger partial charge in [-0.25, -0.2) is 13.6 Å². The van der Waals surface area contributed by atoms with Crippen LogP contribution in [0.1, 0.15) is 12.8 Å². The highest BCUT2D eigenvalue weighted by atomic mass is 19.2. The summed E-state index contributed by atoms with van der Waals surface area (Å²) >= 11 is 0. The van der Waals surface area contributed by atoms with Gasteiger partial charge in [-0.05, 0) is 39.1 Å². The molecule has 7 heteroatoms. The molecular formula is C18H23F2N3O2. The molecule has 3 heterocycles. The van der Waals surface area contributed by atoms with Crippen LogP contribution in [-0.2, 0) is 4.74 Å². The molecule has 4 atom stereocenters. The van der Waals surface area contributed by atoms with E-state index in [2.05, 4.69) is 24.3 Å². The molecular weight excluding hydrogens is 328 g/mol. The number of anilines is 1. The molecule has 136 valence electrons. The van der Waals surface area contributed by atoms with Crippen molar-refractivity contribution >= 4 is 11.7 Å². The molecule has 1 aromatic carbocycles. The van der Waals surface area contributed by atoms with Gasteiger partial charge in [0.25, 0.3) is 0 Å². The summed E-state index contributed by atoms with van der Waals surface area (Å²) in [6.45, 7) is 2.16. The van der Waals surface area contributed by atoms with E-state index in [1.165, 1.54) is 6.07 Å². The minimum atomic E-state index is -0.970. The average Bonchev–Trinajstić information content (AvgIpc) is 3.20. The topological polar surface area (TPSA) is 44.8 Å². The second kappa shape index (κ2) is 5.92. The highest BCUT2D eigenvalue weighted by Crippen LogP contribution is 2.54. The summed E-state index contributed by atoms with van der Waals surface area (Å²) in [5.41, 5.74) is 0.0324. The van der Waals surface area contributed by atoms with E-state index in [9.17, 15) is 13.6 Å². The maximum Gasteiger partial charge on any atom is 0.321 e. The van der Waals surface area contributed by atoms with Crippen molar-refractivity contribution in [3.05, 3.63) is 29.8 Å². The molecule has 1 N–H and O–H groups in total. The number of carbonyl (C=O) groups excluding carboxylic acids is 1. The molecule has 1 spiro atoms. The minimum Gasteiger partial charge on any atom is -0.369 e. The Hall–Kier alpha value is -1.73. The van der Waals surface area contributed by atoms with Crippen LogP contribution < -0.4 is 5.32 Å². The average molecular weight is 351 g/mol. The fourth-order valence-corrected chi connectivity index (χ4v) is 4.79. The Bertz CT molecular complexity index is 699. The van der Waals surface area contributed by atoms with Gasteiger partial charge in [-0.1, -0.05) is 0 Å². The monoisotopic (exact) mass is 351 g/mol. The SMILES string of the molecule is CN(C)C[C@H]1[C@H]2CN(C(=O)Nc3ccc(F)c(F)c3)C[C@]23CC[C@H]1O3. The minimum absolute atomic E-state index is 0.225. The molecule has 0 unspecified atom stereocenters. The molecule has 3 aliphatic heterocycles. The number of likely N-dealkylation sites (tertiary alicyclic amines) is 1. The van der Waals surface area contributed by atoms with Gasteiger partial charge in [0, 0.05) is 36.7 Å². The number of hydrogen-bond donors (Lipinski definition) is 1. The zero-order valence-corrected chi connectivity index (χ0v) is 14.5. The molecule has 4 rings (SSSR count). The molecule has 0 radical (unpaired) electrons. The van der Waals surface area contributed by atoms with Crippen molar-refractivity contribution < 1.29 is 18.3 Å². The van der Waals surface area contributed by atoms with Crippen molar-refractivity contribution in [1.29, 1.82) is 0 Å². The number of nitrogens with zero attached hydrogens (tertiary/aromatic N) is 2. The Morgan fingerprint density at radius 2 is 2.20 bits per heavy atom. The molecule has 3 fully saturated rings. The van der Waals surface area contributed by atoms with Gasteiger partial charge in [0.15, 0.2) is 11.6 Å². The largest absolute Gasteiger partial charge is 0.369 e. The maximum atomic E-state index is 13.3. The summed E-state index contributed by atoms with van der Waals surface area (Å²) in [5.74, 6) is -1.12. The number of urea groups is 1. The lowest BCUT2D eigenvalue weighted by molar-refractivity contribution is 0.00534. The summed E-state index contributed by atoms with van der Waals surface area (Å²) in [4.78, 5) is 16.5. The van der Waals surface area contributed by atoms with Crippen LogP contribution in [0.4, 0.5) is 19.3 Å². The molecule has 0 aromatic heterocycles. The molecule has 2 bridgehead atoms. The van der Waals surface area contributed by atoms with Crippen LogP contribution in [0.3, 0.4) is 0 Å². The van der Waals surface area contributed by atoms with E-state index in [4.69, 9.17) is 4.74 Å². The van der Waals surface area contributed by atoms with Gasteiger partial charge in [0.05, 0.1) is 18.2 Å². The Kier molecular flexibility index (Phi) is 3.96. The first-order valence-electron chi connectivity index (χ1n) is 8.71. The lowest BCUT2D eigenvalue weighted by Crippen LogP contribution is -2.40. The van der Waals surface area contributed by atoms with Crippen LogP contribution >= 0.6 is 0 Å². The number of ether oxygens (including phenoxy) is 1. The number of halogens is 2. The normalized spacial score (nSPS) is 33.2. The van der Waals surface area contributed by atoms with Gasteiger partial charge < -0.3 is 19.9 Å². The van der Waals surface area contributed by atoms with Crippen molar-refractivity contribution in [1.82, 2.24) is 9.80 Å². The second-order valence-corrected chi connectivity index (χ2v) is 7.73. The standard InChI is InChI=1S/C18H23F2N3O2/c1-22(2)8-12-13-9-23(10-18(13)6-5-16(12)25-18)17(24)21-11-3-4-14(19)15(20)7-11/h3-4,7,12-13,16H,5-6,8-10H2,1-2H3,(H,21,24)/t12-,13+,16+,18+/m0/s1. The molecule has 1 aromatic rings. The number of fused-ring (bicyclic) bond motifs is 1. The summed E-state index contributed by atoms with van der Waals surface area (Å²) < 4.78 is 32.7. The molecule has 3 saturated heterocycles. The maximum absolute atomic E-state index is 13.3. The smallest absolute Gasteiger partial charge is 0.321 e. The van der Waals surface area contributed by atoms with Crippen LogP contribution in [0.15, 0.2) is 18.2 Å². The van der Waals surface area contributed by atoms with Crippen molar-refractivity contribution in [2.45, 2.75) is 24.5 Å². The van der Waals surface area contributed by atoms with Gasteiger partial charge in [0.2, 0.25) is 0 Å². The fraction of sp³-hybridized carbons (Fsp3) is 0.611. The molecule has 25 heavy (non-hydrogen) atoms. The first kappa shape index (κ1) is 16.7. The van der Waals surface area contributed by atoms with Gasteiger partial charge in [-0.2, -0.15) is 0 Å². The van der Waals surface area contributed by atoms with Gasteiger partial charge in [-0.3, -0.25) is 0 Å². The number of hydrogen-bond acceptors (Lipinski definition) is 3. The van der Waals surface area contributed by atoms with Crippen LogP contribution in [0.5, 0.6) is 0 Å². The molecule has 2 amide bonds. The predicted molar refractivity (Wildman–Crippen MR) is 89.3 cm³/mol. The van der Waals surface area contributed by atoms with E-state index in [1.54, 1.807) is 4.90 Å². The van der Waals surface area contributed by atoms with Gasteiger partial charge >= 0.3 is 6.03 Å². The fourth-order valence-electron chi connectivity index (χ4n) is 4.79. The van der Waals surface area contributed by atoms with E-state index in [-0.39, 0.29) is 17.3 Å². The van der Waals surface area contributed by atoms with E-state index < -0.39 is 11.6 Å². The van der Waals surface area contributed by atoms with E-state index in [0.29, 0.717) is 31.0 Å². The lowest BCUT2D eigenvalue weighted by atomic mass is 9.73. The van der Waals surface area contributed by atoms with E-state index in [1.807, 2.05) is 0 Å². The Morgan fingerprint density at radius 3 is 2.92 bits per heavy atom. The number of nitrogens with one attached hydrogen (secondary N) is 1. The van der Waals surface area contributed by atoms with Crippen molar-refractivity contribution in [2.24, 2.45) is 11.8 Å². The highest BCUT2D eigenvalue weighted by molar-refractivity contribution is 5.89. The van der Waals surface area contributed by atoms with E-state index in [0.717, 1.165) is 31.5 Å². The zero-order chi connectivity index (χ0) is 17.8. The number of carbonyl (C=O) groups is 1. The third-order valence-electron chi connectivity index (χ3n) is 5.82. The Labute approximate surface area is 145 Å². The van der Waals surface area contributed by atoms with Crippen molar-refractivity contribution in [3.8, 4) is 0 Å². The highest BCUT2D eigenvalue weighted by Gasteiger charge is 2.63. The van der Waals surface area contributed by atoms with E-state index >= 15 is 0 Å². The van der Waals surface area contributed by atoms with Gasteiger partial charge in [0.1, 0.15) is 0 Å². The summed E-state index contributed by atoms with van der Waals surface area (Å²) in [6.07, 6.45) is 2.33. The number of amides is 2. The van der Waals surface area contributed by atoms with Crippen molar-refractivity contribution in [2.75, 3.05) is 39.0 Å². The van der Waals surface area contributed by atoms with Gasteiger partial charge in [-0.15, -0.1) is 0 Å². The first-order valence-corrected chi connectivity index (χ1v) is 8.71. The molecule has 0 aliphatic carbocycles. The molecule has 5 nitrogen and oxygen atoms in total. The number of rotatable bonds is 3. The van der Waals surface area contributed by atoms with Crippen LogP contribution in [-0.4, -0.2) is 61.3 Å². The summed E-state index contributed by atoms with van der Waals surface area (Å²) in [7, 11) is 4.11. The zero-order valence-electron chi connectivity index (χ0n) is 14.5. The lowest BCUT2D eigenvalue weighted by Gasteiger charge is -2.30. The third kappa shape index (κ3) is 2.79. The van der Waals surface area contributed by atoms with Crippen LogP contribution in [0.2, 0.25) is 0 Å². The molecule has 0 saturated carbocycles. The Balaban J connectivity index is 1.46. The Morgan fingerprint density at radius 1 is 1.40 bits per heavy atom. The predicted octanol–water partition coefficient (Wildman–Crippen LogP) is 2.54. The third-order valence-corrected chi connectivity index (χ3v) is 5.82. The number of benzene rings is 1. The summed E-state index contributed by atoms with van der Waals surface area (Å²) in [6, 6.07) is 3.09. The first-order chi connectivity index (χ1) is 11.9. The van der Waals surface area contributed by atoms with Crippen molar-refractivity contribution in [3.63, 3.8) is 0 Å². The van der Waals surface area contributed by atoms with Crippen LogP contribution in [0.25, 0.3) is 0 Å². The van der Waals surface area contributed by atoms with Crippen LogP contribution in [0, 0.1) is 23.5 Å². The molecule has 3 aliphatic rings.